The molecule has 0 atom stereocenters. The van der Waals surface area contributed by atoms with Crippen LogP contribution in [0.15, 0.2) is 29.2 Å². The van der Waals surface area contributed by atoms with Crippen LogP contribution in [-0.2, 0) is 20.4 Å². The molecule has 1 N–H and O–H groups in total. The molecule has 21 heavy (non-hydrogen) atoms. The van der Waals surface area contributed by atoms with Crippen molar-refractivity contribution in [1.29, 1.82) is 0 Å². The van der Waals surface area contributed by atoms with Gasteiger partial charge in [0.25, 0.3) is 9.05 Å². The zero-order chi connectivity index (χ0) is 15.6. The highest BCUT2D eigenvalue weighted by Crippen LogP contribution is 2.32. The molecule has 0 unspecified atom stereocenters. The van der Waals surface area contributed by atoms with Gasteiger partial charge in [-0.05, 0) is 19.9 Å². The molecule has 0 saturated carbocycles. The van der Waals surface area contributed by atoms with Crippen LogP contribution in [0.2, 0.25) is 0 Å². The first-order valence-corrected chi connectivity index (χ1v) is 8.96. The van der Waals surface area contributed by atoms with Gasteiger partial charge in [0.2, 0.25) is 5.91 Å². The zero-order valence-corrected chi connectivity index (χ0v) is 13.5. The quantitative estimate of drug-likeness (QED) is 0.857. The molecule has 0 spiro atoms. The SMILES string of the molecule is CCNC(=O)CCn1c(C)c(S(=O)(=O)Cl)c2ccccc21. The van der Waals surface area contributed by atoms with E-state index in [2.05, 4.69) is 5.32 Å². The van der Waals surface area contributed by atoms with E-state index >= 15 is 0 Å². The molecule has 1 amide bonds. The van der Waals surface area contributed by atoms with Crippen LogP contribution in [0.1, 0.15) is 19.0 Å². The lowest BCUT2D eigenvalue weighted by Crippen LogP contribution is -2.23. The normalized spacial score (nSPS) is 11.8. The van der Waals surface area contributed by atoms with Gasteiger partial charge in [-0.15, -0.1) is 0 Å². The van der Waals surface area contributed by atoms with E-state index in [0.29, 0.717) is 24.2 Å². The number of aromatic nitrogens is 1. The average molecular weight is 329 g/mol. The van der Waals surface area contributed by atoms with Crippen molar-refractivity contribution in [3.8, 4) is 0 Å². The molecule has 0 radical (unpaired) electrons. The molecular formula is C14H17ClN2O3S. The molecule has 0 aliphatic heterocycles. The van der Waals surface area contributed by atoms with Gasteiger partial charge in [-0.3, -0.25) is 4.79 Å². The van der Waals surface area contributed by atoms with Gasteiger partial charge in [0, 0.05) is 46.8 Å². The molecule has 0 saturated heterocycles. The fourth-order valence-electron chi connectivity index (χ4n) is 2.49. The molecule has 0 bridgehead atoms. The van der Waals surface area contributed by atoms with Gasteiger partial charge in [-0.25, -0.2) is 8.42 Å². The summed E-state index contributed by atoms with van der Waals surface area (Å²) in [6.45, 7) is 4.54. The minimum absolute atomic E-state index is 0.0649. The van der Waals surface area contributed by atoms with Crippen molar-refractivity contribution < 1.29 is 13.2 Å². The Morgan fingerprint density at radius 2 is 2.00 bits per heavy atom. The standard InChI is InChI=1S/C14H17ClN2O3S/c1-3-16-13(18)8-9-17-10(2)14(21(15,19)20)11-6-4-5-7-12(11)17/h4-7H,3,8-9H2,1-2H3,(H,16,18). The summed E-state index contributed by atoms with van der Waals surface area (Å²) < 4.78 is 25.4. The van der Waals surface area contributed by atoms with Crippen LogP contribution < -0.4 is 5.32 Å². The van der Waals surface area contributed by atoms with Gasteiger partial charge in [-0.1, -0.05) is 18.2 Å². The number of hydrogen-bond acceptors (Lipinski definition) is 3. The van der Waals surface area contributed by atoms with Crippen molar-refractivity contribution in [2.24, 2.45) is 0 Å². The number of amides is 1. The van der Waals surface area contributed by atoms with Gasteiger partial charge >= 0.3 is 0 Å². The van der Waals surface area contributed by atoms with E-state index in [0.717, 1.165) is 5.52 Å². The smallest absolute Gasteiger partial charge is 0.263 e. The van der Waals surface area contributed by atoms with E-state index < -0.39 is 9.05 Å². The summed E-state index contributed by atoms with van der Waals surface area (Å²) in [6, 6.07) is 7.14. The van der Waals surface area contributed by atoms with Crippen LogP contribution in [0.4, 0.5) is 0 Å². The summed E-state index contributed by atoms with van der Waals surface area (Å²) in [7, 11) is 1.71. The fraction of sp³-hybridized carbons (Fsp3) is 0.357. The second-order valence-electron chi connectivity index (χ2n) is 4.72. The molecule has 7 heteroatoms. The summed E-state index contributed by atoms with van der Waals surface area (Å²) in [6.07, 6.45) is 0.287. The fourth-order valence-corrected chi connectivity index (χ4v) is 3.98. The number of halogens is 1. The lowest BCUT2D eigenvalue weighted by Gasteiger charge is -2.08. The Morgan fingerprint density at radius 1 is 1.33 bits per heavy atom. The van der Waals surface area contributed by atoms with Crippen molar-refractivity contribution in [2.75, 3.05) is 6.54 Å². The number of fused-ring (bicyclic) bond motifs is 1. The minimum Gasteiger partial charge on any atom is -0.356 e. The van der Waals surface area contributed by atoms with Crippen LogP contribution in [-0.4, -0.2) is 25.4 Å². The molecule has 1 heterocycles. The maximum atomic E-state index is 11.8. The number of benzene rings is 1. The van der Waals surface area contributed by atoms with E-state index in [-0.39, 0.29) is 17.2 Å². The number of aryl methyl sites for hydroxylation is 1. The van der Waals surface area contributed by atoms with E-state index in [9.17, 15) is 13.2 Å². The Morgan fingerprint density at radius 3 is 2.62 bits per heavy atom. The van der Waals surface area contributed by atoms with E-state index in [4.69, 9.17) is 10.7 Å². The first-order valence-electron chi connectivity index (χ1n) is 6.65. The summed E-state index contributed by atoms with van der Waals surface area (Å²) >= 11 is 0. The van der Waals surface area contributed by atoms with Crippen molar-refractivity contribution in [1.82, 2.24) is 9.88 Å². The molecule has 1 aromatic carbocycles. The molecule has 5 nitrogen and oxygen atoms in total. The Labute approximate surface area is 128 Å². The van der Waals surface area contributed by atoms with Crippen molar-refractivity contribution in [2.45, 2.75) is 31.7 Å². The van der Waals surface area contributed by atoms with Gasteiger partial charge in [0.15, 0.2) is 0 Å². The predicted octanol–water partition coefficient (Wildman–Crippen LogP) is 2.40. The lowest BCUT2D eigenvalue weighted by atomic mass is 10.2. The van der Waals surface area contributed by atoms with Gasteiger partial charge in [0.1, 0.15) is 4.90 Å². The molecule has 0 aliphatic rings. The van der Waals surface area contributed by atoms with Gasteiger partial charge < -0.3 is 9.88 Å². The highest BCUT2D eigenvalue weighted by molar-refractivity contribution is 8.14. The number of nitrogens with one attached hydrogen (secondary N) is 1. The third-order valence-electron chi connectivity index (χ3n) is 3.35. The van der Waals surface area contributed by atoms with Crippen LogP contribution in [0, 0.1) is 6.92 Å². The Bertz CT molecular complexity index is 781. The summed E-state index contributed by atoms with van der Waals surface area (Å²) in [5.74, 6) is -0.0649. The van der Waals surface area contributed by atoms with Crippen LogP contribution >= 0.6 is 10.7 Å². The maximum absolute atomic E-state index is 11.8. The first-order chi connectivity index (χ1) is 9.86. The first kappa shape index (κ1) is 15.9. The third-order valence-corrected chi connectivity index (χ3v) is 4.82. The number of para-hydroxylation sites is 1. The predicted molar refractivity (Wildman–Crippen MR) is 83.0 cm³/mol. The Kier molecular flexibility index (Phi) is 4.58. The summed E-state index contributed by atoms with van der Waals surface area (Å²) in [4.78, 5) is 11.7. The van der Waals surface area contributed by atoms with Crippen molar-refractivity contribution in [3.63, 3.8) is 0 Å². The number of carbonyl (C=O) groups is 1. The Hall–Kier alpha value is -1.53. The Balaban J connectivity index is 2.49. The van der Waals surface area contributed by atoms with Gasteiger partial charge in [-0.2, -0.15) is 0 Å². The van der Waals surface area contributed by atoms with Gasteiger partial charge in [0.05, 0.1) is 0 Å². The topological polar surface area (TPSA) is 68.2 Å². The highest BCUT2D eigenvalue weighted by atomic mass is 35.7. The molecule has 2 rings (SSSR count). The maximum Gasteiger partial charge on any atom is 0.263 e. The molecule has 0 aliphatic carbocycles. The van der Waals surface area contributed by atoms with Crippen LogP contribution in [0.25, 0.3) is 10.9 Å². The molecule has 114 valence electrons. The molecule has 0 fully saturated rings. The van der Waals surface area contributed by atoms with Crippen LogP contribution in [0.5, 0.6) is 0 Å². The molecule has 1 aromatic heterocycles. The van der Waals surface area contributed by atoms with E-state index in [1.807, 2.05) is 23.6 Å². The number of rotatable bonds is 5. The highest BCUT2D eigenvalue weighted by Gasteiger charge is 2.23. The van der Waals surface area contributed by atoms with E-state index in [1.165, 1.54) is 0 Å². The number of hydrogen-bond donors (Lipinski definition) is 1. The van der Waals surface area contributed by atoms with Crippen LogP contribution in [0.3, 0.4) is 0 Å². The molecule has 2 aromatic rings. The van der Waals surface area contributed by atoms with Crippen molar-refractivity contribution in [3.05, 3.63) is 30.0 Å². The average Bonchev–Trinajstić information content (AvgIpc) is 2.68. The third kappa shape index (κ3) is 3.22. The zero-order valence-electron chi connectivity index (χ0n) is 11.9. The lowest BCUT2D eigenvalue weighted by molar-refractivity contribution is -0.121. The number of nitrogens with zero attached hydrogens (tertiary/aromatic N) is 1. The summed E-state index contributed by atoms with van der Waals surface area (Å²) in [5, 5.41) is 3.31. The summed E-state index contributed by atoms with van der Waals surface area (Å²) in [5.41, 5.74) is 1.31. The minimum atomic E-state index is -3.84. The van der Waals surface area contributed by atoms with Crippen molar-refractivity contribution >= 4 is 36.5 Å². The second-order valence-corrected chi connectivity index (χ2v) is 7.23. The molecular weight excluding hydrogens is 312 g/mol. The number of carbonyl (C=O) groups excluding carboxylic acids is 1. The van der Waals surface area contributed by atoms with E-state index in [1.54, 1.807) is 19.1 Å². The largest absolute Gasteiger partial charge is 0.356 e. The second kappa shape index (κ2) is 6.07. The monoisotopic (exact) mass is 328 g/mol.